The van der Waals surface area contributed by atoms with Crippen LogP contribution in [0.1, 0.15) is 6.92 Å². The summed E-state index contributed by atoms with van der Waals surface area (Å²) in [6.45, 7) is 5.90. The number of hydrogen-bond donors (Lipinski definition) is 1. The molecule has 1 N–H and O–H groups in total. The van der Waals surface area contributed by atoms with Crippen LogP contribution in [0, 0.1) is 0 Å². The second-order valence-electron chi connectivity index (χ2n) is 2.74. The molecule has 0 fully saturated rings. The van der Waals surface area contributed by atoms with Gasteiger partial charge in [-0.15, -0.1) is 0 Å². The van der Waals surface area contributed by atoms with Crippen LogP contribution >= 0.6 is 12.1 Å². The summed E-state index contributed by atoms with van der Waals surface area (Å²) in [7, 11) is 0. The molecule has 1 aromatic carbocycles. The summed E-state index contributed by atoms with van der Waals surface area (Å²) in [6, 6.07) is 8.19. The van der Waals surface area contributed by atoms with E-state index in [0.717, 1.165) is 11.4 Å². The van der Waals surface area contributed by atoms with E-state index in [1.165, 1.54) is 5.69 Å². The highest BCUT2D eigenvalue weighted by Gasteiger charge is 2.18. The standard InChI is InChI=1S/C9H10N2S/c1-7(2)11-9-6-4-3-5-8(9)10-12-11/h3-6,10H,1H2,2H3. The van der Waals surface area contributed by atoms with E-state index in [2.05, 4.69) is 27.7 Å². The third kappa shape index (κ3) is 1.06. The van der Waals surface area contributed by atoms with Crippen molar-refractivity contribution in [3.05, 3.63) is 36.5 Å². The molecule has 1 heterocycles. The van der Waals surface area contributed by atoms with Crippen LogP contribution in [0.3, 0.4) is 0 Å². The number of benzene rings is 1. The Morgan fingerprint density at radius 2 is 2.25 bits per heavy atom. The van der Waals surface area contributed by atoms with Crippen molar-refractivity contribution in [3.63, 3.8) is 0 Å². The fraction of sp³-hybridized carbons (Fsp3) is 0.111. The topological polar surface area (TPSA) is 15.3 Å². The van der Waals surface area contributed by atoms with Gasteiger partial charge in [0.2, 0.25) is 0 Å². The van der Waals surface area contributed by atoms with Crippen molar-refractivity contribution in [1.82, 2.24) is 0 Å². The van der Waals surface area contributed by atoms with Crippen LogP contribution in [0.15, 0.2) is 36.5 Å². The lowest BCUT2D eigenvalue weighted by Gasteiger charge is -2.14. The number of fused-ring (bicyclic) bond motifs is 1. The van der Waals surface area contributed by atoms with Crippen molar-refractivity contribution in [1.29, 1.82) is 0 Å². The number of para-hydroxylation sites is 2. The SMILES string of the molecule is C=C(C)N1SNc2ccccc21. The van der Waals surface area contributed by atoms with Crippen LogP contribution in [0.4, 0.5) is 11.4 Å². The Bertz CT molecular complexity index is 322. The fourth-order valence-corrected chi connectivity index (χ4v) is 1.94. The first-order valence-electron chi connectivity index (χ1n) is 3.76. The molecule has 0 bridgehead atoms. The van der Waals surface area contributed by atoms with Gasteiger partial charge in [0.05, 0.1) is 23.5 Å². The largest absolute Gasteiger partial charge is 0.310 e. The Morgan fingerprint density at radius 1 is 1.50 bits per heavy atom. The minimum Gasteiger partial charge on any atom is -0.310 e. The van der Waals surface area contributed by atoms with E-state index >= 15 is 0 Å². The van der Waals surface area contributed by atoms with Gasteiger partial charge in [-0.25, -0.2) is 0 Å². The first kappa shape index (κ1) is 7.55. The lowest BCUT2D eigenvalue weighted by atomic mass is 10.2. The zero-order valence-corrected chi connectivity index (χ0v) is 7.69. The Hall–Kier alpha value is -1.09. The van der Waals surface area contributed by atoms with E-state index in [4.69, 9.17) is 0 Å². The van der Waals surface area contributed by atoms with Crippen molar-refractivity contribution in [2.75, 3.05) is 9.03 Å². The van der Waals surface area contributed by atoms with Gasteiger partial charge in [-0.3, -0.25) is 4.31 Å². The van der Waals surface area contributed by atoms with Gasteiger partial charge < -0.3 is 4.72 Å². The molecule has 0 saturated carbocycles. The molecule has 3 heteroatoms. The van der Waals surface area contributed by atoms with E-state index < -0.39 is 0 Å². The van der Waals surface area contributed by atoms with Crippen molar-refractivity contribution in [3.8, 4) is 0 Å². The van der Waals surface area contributed by atoms with Crippen LogP contribution in [0.5, 0.6) is 0 Å². The molecule has 0 radical (unpaired) electrons. The average Bonchev–Trinajstić information content (AvgIpc) is 2.47. The molecule has 62 valence electrons. The first-order chi connectivity index (χ1) is 5.79. The van der Waals surface area contributed by atoms with E-state index in [-0.39, 0.29) is 0 Å². The van der Waals surface area contributed by atoms with Gasteiger partial charge >= 0.3 is 0 Å². The Balaban J connectivity index is 2.42. The smallest absolute Gasteiger partial charge is 0.0778 e. The first-order valence-corrected chi connectivity index (χ1v) is 4.54. The minimum atomic E-state index is 1.04. The van der Waals surface area contributed by atoms with Crippen LogP contribution in [0.25, 0.3) is 0 Å². The van der Waals surface area contributed by atoms with E-state index in [9.17, 15) is 0 Å². The minimum absolute atomic E-state index is 1.04. The summed E-state index contributed by atoms with van der Waals surface area (Å²) in [5, 5.41) is 0. The lowest BCUT2D eigenvalue weighted by Crippen LogP contribution is -2.05. The molecule has 1 aromatic rings. The van der Waals surface area contributed by atoms with Gasteiger partial charge in [-0.1, -0.05) is 18.7 Å². The van der Waals surface area contributed by atoms with Crippen molar-refractivity contribution in [2.24, 2.45) is 0 Å². The summed E-state index contributed by atoms with van der Waals surface area (Å²) < 4.78 is 5.29. The number of nitrogens with zero attached hydrogens (tertiary/aromatic N) is 1. The van der Waals surface area contributed by atoms with Crippen molar-refractivity contribution >= 4 is 23.5 Å². The lowest BCUT2D eigenvalue weighted by molar-refractivity contribution is 1.30. The molecule has 0 aromatic heterocycles. The highest BCUT2D eigenvalue weighted by molar-refractivity contribution is 8.02. The maximum Gasteiger partial charge on any atom is 0.0778 e. The molecule has 12 heavy (non-hydrogen) atoms. The number of rotatable bonds is 1. The maximum absolute atomic E-state index is 3.90. The summed E-state index contributed by atoms with van der Waals surface area (Å²) in [5.74, 6) is 0. The average molecular weight is 178 g/mol. The molecule has 2 rings (SSSR count). The van der Waals surface area contributed by atoms with Crippen molar-refractivity contribution in [2.45, 2.75) is 6.92 Å². The molecular formula is C9H10N2S. The van der Waals surface area contributed by atoms with Crippen LogP contribution in [-0.2, 0) is 0 Å². The molecule has 0 atom stereocenters. The Labute approximate surface area is 76.5 Å². The van der Waals surface area contributed by atoms with Gasteiger partial charge in [0.1, 0.15) is 0 Å². The quantitative estimate of drug-likeness (QED) is 0.665. The summed E-state index contributed by atoms with van der Waals surface area (Å²) >= 11 is 1.56. The zero-order valence-electron chi connectivity index (χ0n) is 6.87. The van der Waals surface area contributed by atoms with Crippen LogP contribution in [0.2, 0.25) is 0 Å². The van der Waals surface area contributed by atoms with Crippen molar-refractivity contribution < 1.29 is 0 Å². The fourth-order valence-electron chi connectivity index (χ4n) is 1.16. The number of anilines is 2. The normalized spacial score (nSPS) is 13.9. The second kappa shape index (κ2) is 2.75. The Morgan fingerprint density at radius 3 is 3.00 bits per heavy atom. The second-order valence-corrected chi connectivity index (χ2v) is 3.49. The summed E-state index contributed by atoms with van der Waals surface area (Å²) in [6.07, 6.45) is 0. The highest BCUT2D eigenvalue weighted by atomic mass is 32.2. The highest BCUT2D eigenvalue weighted by Crippen LogP contribution is 2.40. The van der Waals surface area contributed by atoms with Gasteiger partial charge in [0, 0.05) is 5.70 Å². The molecule has 0 amide bonds. The monoisotopic (exact) mass is 178 g/mol. The molecule has 1 aliphatic heterocycles. The molecule has 0 spiro atoms. The van der Waals surface area contributed by atoms with E-state index in [0.29, 0.717) is 0 Å². The molecular weight excluding hydrogens is 168 g/mol. The summed E-state index contributed by atoms with van der Waals surface area (Å²) in [5.41, 5.74) is 3.39. The maximum atomic E-state index is 3.90. The van der Waals surface area contributed by atoms with E-state index in [1.54, 1.807) is 12.1 Å². The van der Waals surface area contributed by atoms with Gasteiger partial charge in [0.25, 0.3) is 0 Å². The van der Waals surface area contributed by atoms with Crippen LogP contribution in [-0.4, -0.2) is 0 Å². The van der Waals surface area contributed by atoms with Crippen LogP contribution < -0.4 is 9.03 Å². The third-order valence-electron chi connectivity index (χ3n) is 1.72. The number of allylic oxidation sites excluding steroid dienone is 1. The third-order valence-corrected chi connectivity index (χ3v) is 2.72. The van der Waals surface area contributed by atoms with Gasteiger partial charge in [-0.2, -0.15) is 0 Å². The van der Waals surface area contributed by atoms with Gasteiger partial charge in [0.15, 0.2) is 0 Å². The number of nitrogens with one attached hydrogen (secondary N) is 1. The van der Waals surface area contributed by atoms with Gasteiger partial charge in [-0.05, 0) is 19.1 Å². The predicted octanol–water partition coefficient (Wildman–Crippen LogP) is 3.02. The number of hydrogen-bond acceptors (Lipinski definition) is 3. The molecule has 2 nitrogen and oxygen atoms in total. The molecule has 1 aliphatic rings. The summed E-state index contributed by atoms with van der Waals surface area (Å²) in [4.78, 5) is 0. The molecule has 0 unspecified atom stereocenters. The predicted molar refractivity (Wildman–Crippen MR) is 54.9 cm³/mol. The molecule has 0 aliphatic carbocycles. The van der Waals surface area contributed by atoms with E-state index in [1.807, 2.05) is 19.1 Å². The zero-order chi connectivity index (χ0) is 8.55. The molecule has 0 saturated heterocycles. The Kier molecular flexibility index (Phi) is 1.73.